The standard InChI is InChI=1S/C4HF6NO3S/c5-2(6)1(12)11-15(13,14)4(9,10)3(2,7)8/h(H,11,12). The zero-order valence-corrected chi connectivity index (χ0v) is 7.22. The molecule has 0 unspecified atom stereocenters. The van der Waals surface area contributed by atoms with Crippen LogP contribution >= 0.6 is 0 Å². The summed E-state index contributed by atoms with van der Waals surface area (Å²) >= 11 is 0. The molecule has 4 nitrogen and oxygen atoms in total. The van der Waals surface area contributed by atoms with Crippen LogP contribution in [-0.4, -0.2) is 31.4 Å². The Kier molecular flexibility index (Phi) is 2.07. The Morgan fingerprint density at radius 3 is 1.80 bits per heavy atom. The molecule has 1 fully saturated rings. The van der Waals surface area contributed by atoms with Crippen LogP contribution in [0.15, 0.2) is 0 Å². The van der Waals surface area contributed by atoms with Crippen LogP contribution in [0.1, 0.15) is 0 Å². The minimum atomic E-state index is -6.29. The molecule has 0 bridgehead atoms. The summed E-state index contributed by atoms with van der Waals surface area (Å²) in [4.78, 5) is 10.2. The molecule has 88 valence electrons. The summed E-state index contributed by atoms with van der Waals surface area (Å²) in [5.41, 5.74) is 0. The summed E-state index contributed by atoms with van der Waals surface area (Å²) in [5.74, 6) is -15.1. The third-order valence-electron chi connectivity index (χ3n) is 1.61. The van der Waals surface area contributed by atoms with Crippen molar-refractivity contribution in [3.8, 4) is 0 Å². The van der Waals surface area contributed by atoms with Gasteiger partial charge in [-0.2, -0.15) is 34.8 Å². The zero-order chi connectivity index (χ0) is 12.3. The molecule has 0 aliphatic carbocycles. The van der Waals surface area contributed by atoms with Crippen molar-refractivity contribution in [2.75, 3.05) is 0 Å². The molecule has 0 spiro atoms. The molecule has 0 aromatic rings. The van der Waals surface area contributed by atoms with E-state index in [1.807, 2.05) is 0 Å². The Morgan fingerprint density at radius 2 is 1.40 bits per heavy atom. The molecule has 0 saturated carbocycles. The monoisotopic (exact) mass is 257 g/mol. The van der Waals surface area contributed by atoms with E-state index in [-0.39, 0.29) is 4.72 Å². The third-order valence-corrected chi connectivity index (χ3v) is 3.00. The van der Waals surface area contributed by atoms with Crippen LogP contribution in [0, 0.1) is 0 Å². The number of carbonyl (C=O) groups excluding carboxylic acids is 1. The van der Waals surface area contributed by atoms with Gasteiger partial charge in [-0.05, 0) is 0 Å². The van der Waals surface area contributed by atoms with E-state index in [0.29, 0.717) is 0 Å². The summed E-state index contributed by atoms with van der Waals surface area (Å²) in [7, 11) is -6.15. The number of amides is 1. The summed E-state index contributed by atoms with van der Waals surface area (Å²) in [6, 6.07) is 0. The van der Waals surface area contributed by atoms with Gasteiger partial charge in [-0.1, -0.05) is 0 Å². The van der Waals surface area contributed by atoms with Gasteiger partial charge in [0.05, 0.1) is 0 Å². The molecule has 1 N–H and O–H groups in total. The third kappa shape index (κ3) is 1.15. The maximum atomic E-state index is 12.4. The van der Waals surface area contributed by atoms with Gasteiger partial charge >= 0.3 is 33.0 Å². The molecule has 11 heteroatoms. The van der Waals surface area contributed by atoms with Crippen LogP contribution < -0.4 is 4.72 Å². The highest BCUT2D eigenvalue weighted by molar-refractivity contribution is 7.91. The number of sulfonamides is 1. The molecular weight excluding hydrogens is 256 g/mol. The topological polar surface area (TPSA) is 63.2 Å². The molecule has 1 amide bonds. The fourth-order valence-corrected chi connectivity index (χ4v) is 1.71. The minimum absolute atomic E-state index is 0.145. The van der Waals surface area contributed by atoms with Gasteiger partial charge in [0.25, 0.3) is 0 Å². The summed E-state index contributed by atoms with van der Waals surface area (Å²) in [6.45, 7) is 0. The highest BCUT2D eigenvalue weighted by Gasteiger charge is 2.83. The Morgan fingerprint density at radius 1 is 1.00 bits per heavy atom. The molecule has 1 saturated heterocycles. The lowest BCUT2D eigenvalue weighted by Gasteiger charge is -2.35. The van der Waals surface area contributed by atoms with E-state index in [1.165, 1.54) is 0 Å². The van der Waals surface area contributed by atoms with Gasteiger partial charge < -0.3 is 0 Å². The van der Waals surface area contributed by atoms with Gasteiger partial charge in [0.15, 0.2) is 0 Å². The van der Waals surface area contributed by atoms with E-state index in [9.17, 15) is 39.6 Å². The van der Waals surface area contributed by atoms with E-state index in [1.54, 1.807) is 0 Å². The predicted molar refractivity (Wildman–Crippen MR) is 31.9 cm³/mol. The van der Waals surface area contributed by atoms with Gasteiger partial charge in [-0.3, -0.25) is 4.79 Å². The molecule has 1 heterocycles. The second-order valence-corrected chi connectivity index (χ2v) is 4.32. The van der Waals surface area contributed by atoms with Crippen molar-refractivity contribution in [3.05, 3.63) is 0 Å². The molecule has 1 aliphatic rings. The lowest BCUT2D eigenvalue weighted by molar-refractivity contribution is -0.273. The summed E-state index contributed by atoms with van der Waals surface area (Å²) < 4.78 is 94.9. The Balaban J connectivity index is 3.50. The molecule has 0 radical (unpaired) electrons. The van der Waals surface area contributed by atoms with Crippen molar-refractivity contribution in [1.82, 2.24) is 4.72 Å². The first-order valence-corrected chi connectivity index (χ1v) is 4.56. The van der Waals surface area contributed by atoms with E-state index in [4.69, 9.17) is 0 Å². The minimum Gasteiger partial charge on any atom is -0.267 e. The molecular formula is C4HF6NO3S. The number of carbonyl (C=O) groups is 1. The molecule has 0 aromatic carbocycles. The van der Waals surface area contributed by atoms with Crippen LogP contribution in [0.3, 0.4) is 0 Å². The molecule has 1 aliphatic heterocycles. The SMILES string of the molecule is O=C1NS(=O)(=O)C(F)(F)C(F)(F)C1(F)F. The average molecular weight is 257 g/mol. The van der Waals surface area contributed by atoms with Gasteiger partial charge in [0.1, 0.15) is 0 Å². The van der Waals surface area contributed by atoms with Crippen LogP contribution in [0.25, 0.3) is 0 Å². The molecule has 0 atom stereocenters. The van der Waals surface area contributed by atoms with Gasteiger partial charge in [-0.15, -0.1) is 0 Å². The Hall–Kier alpha value is -1.00. The molecule has 15 heavy (non-hydrogen) atoms. The van der Waals surface area contributed by atoms with E-state index >= 15 is 0 Å². The first kappa shape index (κ1) is 12.1. The smallest absolute Gasteiger partial charge is 0.267 e. The fraction of sp³-hybridized carbons (Fsp3) is 0.750. The zero-order valence-electron chi connectivity index (χ0n) is 6.40. The van der Waals surface area contributed by atoms with Crippen LogP contribution in [0.5, 0.6) is 0 Å². The highest BCUT2D eigenvalue weighted by atomic mass is 32.2. The van der Waals surface area contributed by atoms with Crippen molar-refractivity contribution in [3.63, 3.8) is 0 Å². The normalized spacial score (nSPS) is 30.7. The summed E-state index contributed by atoms with van der Waals surface area (Å²) in [5, 5.41) is -6.06. The number of halogens is 6. The Labute approximate surface area is 78.3 Å². The molecule has 0 aromatic heterocycles. The van der Waals surface area contributed by atoms with Crippen LogP contribution in [-0.2, 0) is 14.8 Å². The van der Waals surface area contributed by atoms with Crippen molar-refractivity contribution in [2.24, 2.45) is 0 Å². The van der Waals surface area contributed by atoms with Gasteiger partial charge in [0, 0.05) is 0 Å². The van der Waals surface area contributed by atoms with E-state index in [0.717, 1.165) is 0 Å². The first-order valence-electron chi connectivity index (χ1n) is 3.08. The van der Waals surface area contributed by atoms with Crippen LogP contribution in [0.4, 0.5) is 26.3 Å². The molecule has 1 rings (SSSR count). The second-order valence-electron chi connectivity index (χ2n) is 2.60. The summed E-state index contributed by atoms with van der Waals surface area (Å²) in [6.07, 6.45) is 0. The highest BCUT2D eigenvalue weighted by Crippen LogP contribution is 2.50. The van der Waals surface area contributed by atoms with Crippen molar-refractivity contribution >= 4 is 15.9 Å². The van der Waals surface area contributed by atoms with Gasteiger partial charge in [0.2, 0.25) is 0 Å². The first-order chi connectivity index (χ1) is 6.38. The van der Waals surface area contributed by atoms with Crippen LogP contribution in [0.2, 0.25) is 0 Å². The van der Waals surface area contributed by atoms with Crippen molar-refractivity contribution < 1.29 is 39.6 Å². The largest absolute Gasteiger partial charge is 0.432 e. The van der Waals surface area contributed by atoms with Crippen molar-refractivity contribution in [1.29, 1.82) is 0 Å². The lowest BCUT2D eigenvalue weighted by Crippen LogP contribution is -2.71. The fourth-order valence-electron chi connectivity index (χ4n) is 0.744. The number of hydrogen-bond donors (Lipinski definition) is 1. The van der Waals surface area contributed by atoms with Crippen molar-refractivity contribution in [2.45, 2.75) is 17.1 Å². The average Bonchev–Trinajstić information content (AvgIpc) is 2.00. The number of hydrogen-bond acceptors (Lipinski definition) is 3. The lowest BCUT2D eigenvalue weighted by atomic mass is 10.1. The van der Waals surface area contributed by atoms with E-state index < -0.39 is 33.0 Å². The van der Waals surface area contributed by atoms with Gasteiger partial charge in [-0.25, -0.2) is 4.72 Å². The van der Waals surface area contributed by atoms with E-state index in [2.05, 4.69) is 0 Å². The maximum Gasteiger partial charge on any atom is 0.432 e. The predicted octanol–water partition coefficient (Wildman–Crippen LogP) is 0.309. The number of alkyl halides is 6. The quantitative estimate of drug-likeness (QED) is 0.635. The Bertz CT molecular complexity index is 414. The number of rotatable bonds is 0. The number of nitrogens with one attached hydrogen (secondary N) is 1. The second kappa shape index (κ2) is 2.57. The maximum absolute atomic E-state index is 12.4.